The van der Waals surface area contributed by atoms with Crippen LogP contribution in [0, 0.1) is 6.92 Å². The van der Waals surface area contributed by atoms with E-state index in [9.17, 15) is 0 Å². The van der Waals surface area contributed by atoms with Crippen molar-refractivity contribution in [1.29, 1.82) is 0 Å². The number of nitrogens with zero attached hydrogens (tertiary/aromatic N) is 5. The molecule has 120 valence electrons. The summed E-state index contributed by atoms with van der Waals surface area (Å²) in [7, 11) is 0. The molecule has 3 aromatic heterocycles. The Labute approximate surface area is 139 Å². The Morgan fingerprint density at radius 3 is 2.75 bits per heavy atom. The van der Waals surface area contributed by atoms with Gasteiger partial charge in [-0.15, -0.1) is 0 Å². The summed E-state index contributed by atoms with van der Waals surface area (Å²) in [5, 5.41) is 10.2. The average Bonchev–Trinajstić information content (AvgIpc) is 3.22. The fourth-order valence-electron chi connectivity index (χ4n) is 2.88. The molecule has 1 aromatic carbocycles. The highest BCUT2D eigenvalue weighted by Crippen LogP contribution is 2.24. The van der Waals surface area contributed by atoms with Gasteiger partial charge in [-0.2, -0.15) is 15.0 Å². The molecule has 3 heterocycles. The molecular weight excluding hydrogens is 300 g/mol. The van der Waals surface area contributed by atoms with Gasteiger partial charge in [0, 0.05) is 11.6 Å². The van der Waals surface area contributed by atoms with Gasteiger partial charge >= 0.3 is 0 Å². The lowest BCUT2D eigenvalue weighted by Gasteiger charge is -2.01. The van der Waals surface area contributed by atoms with Crippen LogP contribution in [0.1, 0.15) is 17.7 Å². The fourth-order valence-corrected chi connectivity index (χ4v) is 2.88. The normalized spacial score (nSPS) is 11.2. The molecule has 6 heteroatoms. The molecule has 6 nitrogen and oxygen atoms in total. The molecule has 4 rings (SSSR count). The van der Waals surface area contributed by atoms with Crippen molar-refractivity contribution in [2.45, 2.75) is 26.3 Å². The number of benzene rings is 1. The Kier molecular flexibility index (Phi) is 3.78. The maximum Gasteiger partial charge on any atom is 0.141 e. The maximum absolute atomic E-state index is 4.64. The quantitative estimate of drug-likeness (QED) is 0.613. The first kappa shape index (κ1) is 14.6. The topological polar surface area (TPSA) is 72.3 Å². The van der Waals surface area contributed by atoms with Crippen LogP contribution in [0.15, 0.2) is 48.9 Å². The molecule has 0 amide bonds. The van der Waals surface area contributed by atoms with Gasteiger partial charge in [0.1, 0.15) is 23.4 Å². The third-order valence-corrected chi connectivity index (χ3v) is 4.07. The minimum absolute atomic E-state index is 0.789. The van der Waals surface area contributed by atoms with E-state index in [2.05, 4.69) is 49.4 Å². The number of rotatable bonds is 5. The minimum atomic E-state index is 0.789. The van der Waals surface area contributed by atoms with Crippen molar-refractivity contribution < 1.29 is 0 Å². The van der Waals surface area contributed by atoms with E-state index in [1.807, 2.05) is 25.3 Å². The largest absolute Gasteiger partial charge is 0.346 e. The molecule has 0 aliphatic heterocycles. The molecule has 0 bridgehead atoms. The standard InChI is InChI=1S/C18H18N6/c1-13-16(17-15-9-10-19-18(15)21-12-20-17)23-24(22-13)11-5-8-14-6-3-2-4-7-14/h2-4,6-7,9-10,12H,5,8,11H2,1H3,(H,19,20,21). The summed E-state index contributed by atoms with van der Waals surface area (Å²) in [6, 6.07) is 12.4. The van der Waals surface area contributed by atoms with Gasteiger partial charge in [0.05, 0.1) is 12.2 Å². The molecule has 0 aliphatic carbocycles. The average molecular weight is 318 g/mol. The van der Waals surface area contributed by atoms with E-state index in [1.54, 1.807) is 11.1 Å². The summed E-state index contributed by atoms with van der Waals surface area (Å²) in [6.45, 7) is 2.76. The van der Waals surface area contributed by atoms with E-state index in [4.69, 9.17) is 0 Å². The van der Waals surface area contributed by atoms with E-state index in [1.165, 1.54) is 5.56 Å². The fraction of sp³-hybridized carbons (Fsp3) is 0.222. The number of aromatic nitrogens is 6. The van der Waals surface area contributed by atoms with E-state index in [0.717, 1.165) is 47.5 Å². The molecule has 0 saturated carbocycles. The highest BCUT2D eigenvalue weighted by Gasteiger charge is 2.14. The van der Waals surface area contributed by atoms with Crippen molar-refractivity contribution in [2.24, 2.45) is 0 Å². The predicted molar refractivity (Wildman–Crippen MR) is 92.4 cm³/mol. The summed E-state index contributed by atoms with van der Waals surface area (Å²) in [5.41, 5.74) is 4.69. The van der Waals surface area contributed by atoms with Gasteiger partial charge < -0.3 is 4.98 Å². The van der Waals surface area contributed by atoms with Gasteiger partial charge in [-0.1, -0.05) is 30.3 Å². The molecule has 0 saturated heterocycles. The van der Waals surface area contributed by atoms with Gasteiger partial charge in [-0.05, 0) is 31.4 Å². The van der Waals surface area contributed by atoms with Crippen molar-refractivity contribution in [3.05, 3.63) is 60.2 Å². The molecule has 0 aliphatic rings. The van der Waals surface area contributed by atoms with Crippen LogP contribution in [-0.2, 0) is 13.0 Å². The van der Waals surface area contributed by atoms with E-state index < -0.39 is 0 Å². The monoisotopic (exact) mass is 318 g/mol. The third kappa shape index (κ3) is 2.78. The van der Waals surface area contributed by atoms with E-state index in [-0.39, 0.29) is 0 Å². The smallest absolute Gasteiger partial charge is 0.141 e. The summed E-state index contributed by atoms with van der Waals surface area (Å²) < 4.78 is 0. The van der Waals surface area contributed by atoms with Crippen LogP contribution < -0.4 is 0 Å². The zero-order valence-electron chi connectivity index (χ0n) is 13.5. The van der Waals surface area contributed by atoms with Crippen molar-refractivity contribution in [3.63, 3.8) is 0 Å². The summed E-state index contributed by atoms with van der Waals surface area (Å²) >= 11 is 0. The van der Waals surface area contributed by atoms with Crippen molar-refractivity contribution >= 4 is 11.0 Å². The number of H-pyrrole nitrogens is 1. The van der Waals surface area contributed by atoms with Gasteiger partial charge in [-0.25, -0.2) is 9.97 Å². The Morgan fingerprint density at radius 2 is 1.88 bits per heavy atom. The first-order valence-electron chi connectivity index (χ1n) is 8.05. The number of hydrogen-bond acceptors (Lipinski definition) is 4. The lowest BCUT2D eigenvalue weighted by Crippen LogP contribution is -2.04. The maximum atomic E-state index is 4.64. The molecule has 1 N–H and O–H groups in total. The Hall–Kier alpha value is -3.02. The lowest BCUT2D eigenvalue weighted by molar-refractivity contribution is 0.511. The van der Waals surface area contributed by atoms with Crippen molar-refractivity contribution in [2.75, 3.05) is 0 Å². The second-order valence-corrected chi connectivity index (χ2v) is 5.78. The first-order chi connectivity index (χ1) is 11.8. The molecule has 0 spiro atoms. The van der Waals surface area contributed by atoms with Crippen LogP contribution in [0.3, 0.4) is 0 Å². The van der Waals surface area contributed by atoms with Gasteiger partial charge in [0.2, 0.25) is 0 Å². The zero-order chi connectivity index (χ0) is 16.4. The number of aromatic amines is 1. The lowest BCUT2D eigenvalue weighted by atomic mass is 10.1. The summed E-state index contributed by atoms with van der Waals surface area (Å²) in [6.07, 6.45) is 5.44. The van der Waals surface area contributed by atoms with Crippen LogP contribution in [-0.4, -0.2) is 29.9 Å². The van der Waals surface area contributed by atoms with Crippen molar-refractivity contribution in [1.82, 2.24) is 29.9 Å². The molecule has 0 unspecified atom stereocenters. The number of nitrogens with one attached hydrogen (secondary N) is 1. The van der Waals surface area contributed by atoms with Gasteiger partial charge in [0.15, 0.2) is 0 Å². The first-order valence-corrected chi connectivity index (χ1v) is 8.05. The van der Waals surface area contributed by atoms with Crippen LogP contribution in [0.5, 0.6) is 0 Å². The second-order valence-electron chi connectivity index (χ2n) is 5.78. The van der Waals surface area contributed by atoms with Crippen LogP contribution in [0.4, 0.5) is 0 Å². The van der Waals surface area contributed by atoms with E-state index >= 15 is 0 Å². The predicted octanol–water partition coefficient (Wildman–Crippen LogP) is 3.16. The SMILES string of the molecule is Cc1nn(CCCc2ccccc2)nc1-c1ncnc2[nH]ccc12. The van der Waals surface area contributed by atoms with Gasteiger partial charge in [0.25, 0.3) is 0 Å². The minimum Gasteiger partial charge on any atom is -0.346 e. The van der Waals surface area contributed by atoms with E-state index in [0.29, 0.717) is 0 Å². The van der Waals surface area contributed by atoms with Crippen LogP contribution in [0.25, 0.3) is 22.4 Å². The Bertz CT molecular complexity index is 954. The van der Waals surface area contributed by atoms with Crippen LogP contribution in [0.2, 0.25) is 0 Å². The van der Waals surface area contributed by atoms with Gasteiger partial charge in [-0.3, -0.25) is 0 Å². The molecule has 0 radical (unpaired) electrons. The van der Waals surface area contributed by atoms with Crippen LogP contribution >= 0.6 is 0 Å². The molecule has 24 heavy (non-hydrogen) atoms. The number of hydrogen-bond donors (Lipinski definition) is 1. The molecule has 4 aromatic rings. The Morgan fingerprint density at radius 1 is 1.00 bits per heavy atom. The number of aryl methyl sites for hydroxylation is 3. The third-order valence-electron chi connectivity index (χ3n) is 4.07. The molecule has 0 fully saturated rings. The number of fused-ring (bicyclic) bond motifs is 1. The molecular formula is C18H18N6. The van der Waals surface area contributed by atoms with Crippen molar-refractivity contribution in [3.8, 4) is 11.4 Å². The summed E-state index contributed by atoms with van der Waals surface area (Å²) in [5.74, 6) is 0. The second kappa shape index (κ2) is 6.23. The molecule has 0 atom stereocenters. The summed E-state index contributed by atoms with van der Waals surface area (Å²) in [4.78, 5) is 13.5. The highest BCUT2D eigenvalue weighted by atomic mass is 15.5. The Balaban J connectivity index is 1.53. The highest BCUT2D eigenvalue weighted by molar-refractivity contribution is 5.89. The zero-order valence-corrected chi connectivity index (χ0v) is 13.5.